The lowest BCUT2D eigenvalue weighted by atomic mass is 10.2. The summed E-state index contributed by atoms with van der Waals surface area (Å²) in [6.45, 7) is 6.30. The minimum Gasteiger partial charge on any atom is -0.468 e. The second kappa shape index (κ2) is 8.07. The van der Waals surface area contributed by atoms with Crippen molar-refractivity contribution in [2.24, 2.45) is 0 Å². The van der Waals surface area contributed by atoms with E-state index in [0.29, 0.717) is 19.2 Å². The summed E-state index contributed by atoms with van der Waals surface area (Å²) in [6.07, 6.45) is 0. The quantitative estimate of drug-likeness (QED) is 0.521. The molecule has 90 valence electrons. The lowest BCUT2D eigenvalue weighted by molar-refractivity contribution is -0.140. The van der Waals surface area contributed by atoms with E-state index in [0.717, 1.165) is 6.54 Å². The average molecular weight is 282 g/mol. The van der Waals surface area contributed by atoms with Crippen LogP contribution in [0.4, 0.5) is 0 Å². The van der Waals surface area contributed by atoms with E-state index in [1.54, 1.807) is 7.11 Å². The van der Waals surface area contributed by atoms with Gasteiger partial charge in [-0.1, -0.05) is 22.9 Å². The van der Waals surface area contributed by atoms with Crippen LogP contribution in [0.1, 0.15) is 13.8 Å². The number of esters is 1. The van der Waals surface area contributed by atoms with Gasteiger partial charge in [-0.05, 0) is 13.5 Å². The number of hydrogen-bond acceptors (Lipinski definition) is 4. The van der Waals surface area contributed by atoms with Gasteiger partial charge in [-0.2, -0.15) is 0 Å². The number of carbonyl (C=O) groups is 1. The molecule has 0 saturated carbocycles. The molecule has 0 heterocycles. The van der Waals surface area contributed by atoms with Crippen LogP contribution >= 0.6 is 15.9 Å². The van der Waals surface area contributed by atoms with Gasteiger partial charge in [0.15, 0.2) is 0 Å². The fourth-order valence-corrected chi connectivity index (χ4v) is 1.93. The molecule has 2 unspecified atom stereocenters. The fourth-order valence-electron chi connectivity index (χ4n) is 1.38. The Balaban J connectivity index is 4.13. The van der Waals surface area contributed by atoms with Crippen LogP contribution in [0.5, 0.6) is 0 Å². The Morgan fingerprint density at radius 2 is 2.07 bits per heavy atom. The fraction of sp³-hybridized carbons (Fsp3) is 0.900. The Kier molecular flexibility index (Phi) is 8.00. The number of halogens is 1. The molecule has 0 aliphatic rings. The first-order valence-electron chi connectivity index (χ1n) is 5.01. The average Bonchev–Trinajstić information content (AvgIpc) is 2.24. The van der Waals surface area contributed by atoms with E-state index in [1.807, 2.05) is 0 Å². The van der Waals surface area contributed by atoms with Gasteiger partial charge in [0.25, 0.3) is 0 Å². The highest BCUT2D eigenvalue weighted by Crippen LogP contribution is 2.08. The van der Waals surface area contributed by atoms with Crippen LogP contribution < -0.4 is 0 Å². The molecule has 4 nitrogen and oxygen atoms in total. The van der Waals surface area contributed by atoms with Crippen molar-refractivity contribution in [2.45, 2.75) is 24.7 Å². The summed E-state index contributed by atoms with van der Waals surface area (Å²) >= 11 is 3.31. The van der Waals surface area contributed by atoms with Crippen LogP contribution in [-0.4, -0.2) is 55.7 Å². The molecule has 0 spiro atoms. The molecule has 0 aliphatic heterocycles. The third kappa shape index (κ3) is 5.49. The number of carbonyl (C=O) groups excluding carboxylic acids is 1. The summed E-state index contributed by atoms with van der Waals surface area (Å²) in [6, 6.07) is 0.296. The third-order valence-electron chi connectivity index (χ3n) is 2.29. The van der Waals surface area contributed by atoms with Gasteiger partial charge >= 0.3 is 5.97 Å². The molecule has 2 atom stereocenters. The van der Waals surface area contributed by atoms with Crippen molar-refractivity contribution < 1.29 is 14.3 Å². The lowest BCUT2D eigenvalue weighted by Gasteiger charge is -2.28. The second-order valence-electron chi connectivity index (χ2n) is 3.38. The summed E-state index contributed by atoms with van der Waals surface area (Å²) in [5, 5.41) is 0. The van der Waals surface area contributed by atoms with Crippen LogP contribution in [0, 0.1) is 0 Å². The number of methoxy groups -OCH3 is 2. The second-order valence-corrected chi connectivity index (χ2v) is 4.49. The van der Waals surface area contributed by atoms with Crippen molar-refractivity contribution in [3.63, 3.8) is 0 Å². The van der Waals surface area contributed by atoms with E-state index >= 15 is 0 Å². The predicted molar refractivity (Wildman–Crippen MR) is 63.3 cm³/mol. The Morgan fingerprint density at radius 3 is 2.47 bits per heavy atom. The number of likely N-dealkylation sites (N-methyl/N-ethyl adjacent to an activating group) is 1. The highest BCUT2D eigenvalue weighted by molar-refractivity contribution is 9.10. The molecule has 0 bridgehead atoms. The van der Waals surface area contributed by atoms with Crippen LogP contribution in [-0.2, 0) is 14.3 Å². The first-order chi connectivity index (χ1) is 7.06. The summed E-state index contributed by atoms with van der Waals surface area (Å²) in [5.41, 5.74) is 0. The lowest BCUT2D eigenvalue weighted by Crippen LogP contribution is -2.41. The maximum atomic E-state index is 11.2. The van der Waals surface area contributed by atoms with Gasteiger partial charge in [0, 0.05) is 19.7 Å². The smallest absolute Gasteiger partial charge is 0.320 e. The monoisotopic (exact) mass is 281 g/mol. The molecule has 0 rings (SSSR count). The first kappa shape index (κ1) is 14.9. The molecule has 0 amide bonds. The molecular weight excluding hydrogens is 262 g/mol. The van der Waals surface area contributed by atoms with E-state index in [9.17, 15) is 4.79 Å². The van der Waals surface area contributed by atoms with Crippen molar-refractivity contribution in [1.82, 2.24) is 4.90 Å². The van der Waals surface area contributed by atoms with E-state index in [-0.39, 0.29) is 10.8 Å². The Labute approximate surface area is 100 Å². The summed E-state index contributed by atoms with van der Waals surface area (Å²) in [5.74, 6) is -0.238. The minimum atomic E-state index is -0.276. The van der Waals surface area contributed by atoms with Gasteiger partial charge in [0.1, 0.15) is 4.83 Å². The van der Waals surface area contributed by atoms with Gasteiger partial charge in [-0.25, -0.2) is 0 Å². The Morgan fingerprint density at radius 1 is 1.47 bits per heavy atom. The van der Waals surface area contributed by atoms with Crippen molar-refractivity contribution in [3.05, 3.63) is 0 Å². The molecule has 0 saturated heterocycles. The normalized spacial score (nSPS) is 15.1. The van der Waals surface area contributed by atoms with Gasteiger partial charge in [0.05, 0.1) is 13.7 Å². The molecule has 0 aromatic carbocycles. The zero-order valence-corrected chi connectivity index (χ0v) is 11.4. The molecule has 0 aromatic rings. The first-order valence-corrected chi connectivity index (χ1v) is 5.93. The highest BCUT2D eigenvalue weighted by Gasteiger charge is 2.21. The summed E-state index contributed by atoms with van der Waals surface area (Å²) < 4.78 is 9.74. The van der Waals surface area contributed by atoms with Gasteiger partial charge in [-0.3, -0.25) is 9.69 Å². The van der Waals surface area contributed by atoms with E-state index in [2.05, 4.69) is 39.4 Å². The largest absolute Gasteiger partial charge is 0.468 e. The van der Waals surface area contributed by atoms with Gasteiger partial charge in [0.2, 0.25) is 0 Å². The molecule has 0 radical (unpaired) electrons. The molecule has 15 heavy (non-hydrogen) atoms. The number of ether oxygens (including phenoxy) is 2. The number of rotatable bonds is 7. The van der Waals surface area contributed by atoms with Crippen molar-refractivity contribution in [3.8, 4) is 0 Å². The van der Waals surface area contributed by atoms with Crippen molar-refractivity contribution in [2.75, 3.05) is 33.9 Å². The van der Waals surface area contributed by atoms with Crippen molar-refractivity contribution in [1.29, 1.82) is 0 Å². The zero-order chi connectivity index (χ0) is 11.8. The van der Waals surface area contributed by atoms with Crippen LogP contribution in [0.15, 0.2) is 0 Å². The standard InChI is InChI=1S/C10H20BrNO3/c1-5-12(8(2)7-14-3)6-9(11)10(13)15-4/h8-9H,5-7H2,1-4H3. The molecule has 5 heteroatoms. The Bertz CT molecular complexity index is 190. The van der Waals surface area contributed by atoms with E-state index < -0.39 is 0 Å². The summed E-state index contributed by atoms with van der Waals surface area (Å²) in [7, 11) is 3.07. The third-order valence-corrected chi connectivity index (χ3v) is 2.95. The molecule has 0 aromatic heterocycles. The molecule has 0 N–H and O–H groups in total. The molecule has 0 fully saturated rings. The number of alkyl halides is 1. The van der Waals surface area contributed by atoms with E-state index in [4.69, 9.17) is 4.74 Å². The molecule has 0 aliphatic carbocycles. The summed E-state index contributed by atoms with van der Waals surface area (Å²) in [4.78, 5) is 13.1. The maximum Gasteiger partial charge on any atom is 0.320 e. The molecular formula is C10H20BrNO3. The topological polar surface area (TPSA) is 38.8 Å². The highest BCUT2D eigenvalue weighted by atomic mass is 79.9. The zero-order valence-electron chi connectivity index (χ0n) is 9.83. The van der Waals surface area contributed by atoms with Gasteiger partial charge in [-0.15, -0.1) is 0 Å². The number of nitrogens with zero attached hydrogens (tertiary/aromatic N) is 1. The van der Waals surface area contributed by atoms with Crippen molar-refractivity contribution >= 4 is 21.9 Å². The van der Waals surface area contributed by atoms with Crippen LogP contribution in [0.25, 0.3) is 0 Å². The Hall–Kier alpha value is -0.130. The van der Waals surface area contributed by atoms with E-state index in [1.165, 1.54) is 7.11 Å². The van der Waals surface area contributed by atoms with Crippen LogP contribution in [0.2, 0.25) is 0 Å². The predicted octanol–water partition coefficient (Wildman–Crippen LogP) is 1.28. The van der Waals surface area contributed by atoms with Crippen LogP contribution in [0.3, 0.4) is 0 Å². The maximum absolute atomic E-state index is 11.2. The number of hydrogen-bond donors (Lipinski definition) is 0. The van der Waals surface area contributed by atoms with Gasteiger partial charge < -0.3 is 9.47 Å². The minimum absolute atomic E-state index is 0.238. The SMILES string of the molecule is CCN(CC(Br)C(=O)OC)C(C)COC.